The Balaban J connectivity index is 1.39. The maximum absolute atomic E-state index is 5.32. The van der Waals surface area contributed by atoms with Crippen LogP contribution in [0.15, 0.2) is 40.9 Å². The lowest BCUT2D eigenvalue weighted by molar-refractivity contribution is 0.116. The third-order valence-electron chi connectivity index (χ3n) is 4.77. The highest BCUT2D eigenvalue weighted by Crippen LogP contribution is 2.19. The van der Waals surface area contributed by atoms with Gasteiger partial charge in [0.15, 0.2) is 5.76 Å². The summed E-state index contributed by atoms with van der Waals surface area (Å²) in [5.41, 5.74) is 2.42. The van der Waals surface area contributed by atoms with Crippen molar-refractivity contribution in [2.24, 2.45) is 0 Å². The van der Waals surface area contributed by atoms with Crippen LogP contribution in [0.25, 0.3) is 0 Å². The quantitative estimate of drug-likeness (QED) is 0.819. The second-order valence-electron chi connectivity index (χ2n) is 6.65. The molecule has 1 aliphatic heterocycles. The molecule has 1 aliphatic rings. The standard InChI is InChI=1S/C19H27N3O/c1-16(18-6-4-3-5-7-18)8-9-21-10-12-22(13-11-21)15-19-14-17(2)20-23-19/h3-7,14,16H,8-13,15H2,1-2H3/t16-/m0/s1. The Morgan fingerprint density at radius 2 is 1.78 bits per heavy atom. The molecule has 0 radical (unpaired) electrons. The molecule has 124 valence electrons. The van der Waals surface area contributed by atoms with Gasteiger partial charge in [-0.05, 0) is 31.4 Å². The van der Waals surface area contributed by atoms with E-state index in [1.807, 2.05) is 13.0 Å². The Hall–Kier alpha value is -1.65. The predicted octanol–water partition coefficient (Wildman–Crippen LogP) is 3.29. The van der Waals surface area contributed by atoms with Gasteiger partial charge in [-0.3, -0.25) is 4.90 Å². The van der Waals surface area contributed by atoms with E-state index in [1.54, 1.807) is 0 Å². The molecule has 3 rings (SSSR count). The summed E-state index contributed by atoms with van der Waals surface area (Å²) in [7, 11) is 0. The molecule has 0 bridgehead atoms. The third-order valence-corrected chi connectivity index (χ3v) is 4.77. The number of aryl methyl sites for hydroxylation is 1. The lowest BCUT2D eigenvalue weighted by Gasteiger charge is -2.34. The summed E-state index contributed by atoms with van der Waals surface area (Å²) in [5.74, 6) is 1.61. The molecular formula is C19H27N3O. The highest BCUT2D eigenvalue weighted by Gasteiger charge is 2.18. The molecule has 0 aliphatic carbocycles. The van der Waals surface area contributed by atoms with Gasteiger partial charge in [0.2, 0.25) is 0 Å². The first-order valence-corrected chi connectivity index (χ1v) is 8.62. The van der Waals surface area contributed by atoms with Gasteiger partial charge >= 0.3 is 0 Å². The van der Waals surface area contributed by atoms with Crippen molar-refractivity contribution in [2.45, 2.75) is 32.7 Å². The number of aromatic nitrogens is 1. The first-order chi connectivity index (χ1) is 11.2. The van der Waals surface area contributed by atoms with Gasteiger partial charge < -0.3 is 9.42 Å². The van der Waals surface area contributed by atoms with Crippen molar-refractivity contribution in [1.29, 1.82) is 0 Å². The Morgan fingerprint density at radius 3 is 2.43 bits per heavy atom. The molecule has 2 heterocycles. The van der Waals surface area contributed by atoms with E-state index < -0.39 is 0 Å². The molecule has 1 fully saturated rings. The lowest BCUT2D eigenvalue weighted by atomic mass is 9.97. The molecule has 0 spiro atoms. The molecular weight excluding hydrogens is 286 g/mol. The van der Waals surface area contributed by atoms with E-state index in [2.05, 4.69) is 52.2 Å². The first-order valence-electron chi connectivity index (χ1n) is 8.62. The minimum absolute atomic E-state index is 0.631. The molecule has 1 saturated heterocycles. The van der Waals surface area contributed by atoms with Gasteiger partial charge in [-0.1, -0.05) is 42.4 Å². The van der Waals surface area contributed by atoms with E-state index in [9.17, 15) is 0 Å². The molecule has 1 atom stereocenters. The zero-order chi connectivity index (χ0) is 16.1. The largest absolute Gasteiger partial charge is 0.360 e. The van der Waals surface area contributed by atoms with Crippen LogP contribution in [0.2, 0.25) is 0 Å². The number of hydrogen-bond donors (Lipinski definition) is 0. The van der Waals surface area contributed by atoms with Crippen molar-refractivity contribution >= 4 is 0 Å². The molecule has 4 nitrogen and oxygen atoms in total. The second kappa shape index (κ2) is 7.75. The second-order valence-corrected chi connectivity index (χ2v) is 6.65. The molecule has 23 heavy (non-hydrogen) atoms. The highest BCUT2D eigenvalue weighted by molar-refractivity contribution is 5.18. The molecule has 0 unspecified atom stereocenters. The van der Waals surface area contributed by atoms with Crippen LogP contribution in [-0.2, 0) is 6.54 Å². The average Bonchev–Trinajstić information content (AvgIpc) is 2.99. The van der Waals surface area contributed by atoms with Gasteiger partial charge in [0, 0.05) is 32.2 Å². The summed E-state index contributed by atoms with van der Waals surface area (Å²) < 4.78 is 5.32. The van der Waals surface area contributed by atoms with E-state index in [1.165, 1.54) is 18.5 Å². The fourth-order valence-corrected chi connectivity index (χ4v) is 3.21. The van der Waals surface area contributed by atoms with Crippen LogP contribution < -0.4 is 0 Å². The number of rotatable bonds is 6. The zero-order valence-electron chi connectivity index (χ0n) is 14.2. The minimum atomic E-state index is 0.631. The van der Waals surface area contributed by atoms with Crippen LogP contribution in [0.4, 0.5) is 0 Å². The van der Waals surface area contributed by atoms with E-state index in [0.717, 1.165) is 44.2 Å². The Kier molecular flexibility index (Phi) is 5.47. The van der Waals surface area contributed by atoms with Gasteiger partial charge in [0.05, 0.1) is 12.2 Å². The van der Waals surface area contributed by atoms with Crippen molar-refractivity contribution in [3.63, 3.8) is 0 Å². The van der Waals surface area contributed by atoms with Gasteiger partial charge in [-0.2, -0.15) is 0 Å². The lowest BCUT2D eigenvalue weighted by Crippen LogP contribution is -2.46. The fraction of sp³-hybridized carbons (Fsp3) is 0.526. The van der Waals surface area contributed by atoms with Gasteiger partial charge in [-0.25, -0.2) is 0 Å². The Labute approximate surface area is 139 Å². The molecule has 1 aromatic carbocycles. The third kappa shape index (κ3) is 4.66. The fourth-order valence-electron chi connectivity index (χ4n) is 3.21. The van der Waals surface area contributed by atoms with Crippen molar-refractivity contribution < 1.29 is 4.52 Å². The number of nitrogens with zero attached hydrogens (tertiary/aromatic N) is 3. The van der Waals surface area contributed by atoms with Crippen molar-refractivity contribution in [3.8, 4) is 0 Å². The maximum atomic E-state index is 5.32. The average molecular weight is 313 g/mol. The summed E-state index contributed by atoms with van der Waals surface area (Å²) in [6, 6.07) is 12.9. The first kappa shape index (κ1) is 16.2. The maximum Gasteiger partial charge on any atom is 0.150 e. The normalized spacial score (nSPS) is 18.2. The van der Waals surface area contributed by atoms with Crippen LogP contribution >= 0.6 is 0 Å². The molecule has 1 aromatic heterocycles. The summed E-state index contributed by atoms with van der Waals surface area (Å²) in [4.78, 5) is 5.04. The Bertz CT molecular complexity index is 588. The van der Waals surface area contributed by atoms with Crippen LogP contribution in [0.5, 0.6) is 0 Å². The van der Waals surface area contributed by atoms with Gasteiger partial charge in [0.1, 0.15) is 0 Å². The molecule has 2 aromatic rings. The van der Waals surface area contributed by atoms with Gasteiger partial charge in [-0.15, -0.1) is 0 Å². The smallest absolute Gasteiger partial charge is 0.150 e. The van der Waals surface area contributed by atoms with Crippen LogP contribution in [-0.4, -0.2) is 47.7 Å². The number of piperazine rings is 1. The topological polar surface area (TPSA) is 32.5 Å². The molecule has 4 heteroatoms. The number of hydrogen-bond acceptors (Lipinski definition) is 4. The summed E-state index contributed by atoms with van der Waals surface area (Å²) in [6.45, 7) is 10.9. The highest BCUT2D eigenvalue weighted by atomic mass is 16.5. The van der Waals surface area contributed by atoms with Crippen molar-refractivity contribution in [1.82, 2.24) is 15.0 Å². The monoisotopic (exact) mass is 313 g/mol. The molecule has 0 saturated carbocycles. The summed E-state index contributed by atoms with van der Waals surface area (Å²) >= 11 is 0. The zero-order valence-corrected chi connectivity index (χ0v) is 14.2. The predicted molar refractivity (Wildman–Crippen MR) is 92.4 cm³/mol. The van der Waals surface area contributed by atoms with Crippen LogP contribution in [0.1, 0.15) is 36.3 Å². The van der Waals surface area contributed by atoms with Crippen molar-refractivity contribution in [2.75, 3.05) is 32.7 Å². The van der Waals surface area contributed by atoms with Crippen LogP contribution in [0, 0.1) is 6.92 Å². The number of benzene rings is 1. The van der Waals surface area contributed by atoms with Crippen LogP contribution in [0.3, 0.4) is 0 Å². The summed E-state index contributed by atoms with van der Waals surface area (Å²) in [5, 5.41) is 3.96. The minimum Gasteiger partial charge on any atom is -0.360 e. The van der Waals surface area contributed by atoms with E-state index >= 15 is 0 Å². The van der Waals surface area contributed by atoms with Crippen molar-refractivity contribution in [3.05, 3.63) is 53.4 Å². The SMILES string of the molecule is Cc1cc(CN2CCN(CC[C@H](C)c3ccccc3)CC2)on1. The van der Waals surface area contributed by atoms with E-state index in [4.69, 9.17) is 4.52 Å². The van der Waals surface area contributed by atoms with Gasteiger partial charge in [0.25, 0.3) is 0 Å². The van der Waals surface area contributed by atoms with E-state index in [-0.39, 0.29) is 0 Å². The Morgan fingerprint density at radius 1 is 1.09 bits per heavy atom. The summed E-state index contributed by atoms with van der Waals surface area (Å²) in [6.07, 6.45) is 1.23. The molecule has 0 amide bonds. The molecule has 0 N–H and O–H groups in total. The van der Waals surface area contributed by atoms with E-state index in [0.29, 0.717) is 5.92 Å².